The summed E-state index contributed by atoms with van der Waals surface area (Å²) in [6.45, 7) is 2.20. The minimum absolute atomic E-state index is 0.475. The number of hydrogen-bond acceptors (Lipinski definition) is 3. The van der Waals surface area contributed by atoms with Gasteiger partial charge in [0.15, 0.2) is 0 Å². The molecule has 2 rings (SSSR count). The van der Waals surface area contributed by atoms with Gasteiger partial charge in [0, 0.05) is 16.3 Å². The molecule has 2 atom stereocenters. The van der Waals surface area contributed by atoms with Crippen LogP contribution in [0.3, 0.4) is 0 Å². The molecule has 1 fully saturated rings. The normalized spacial score (nSPS) is 22.7. The van der Waals surface area contributed by atoms with E-state index in [1.54, 1.807) is 6.07 Å². The van der Waals surface area contributed by atoms with E-state index >= 15 is 0 Å². The number of halogens is 1. The highest BCUT2D eigenvalue weighted by Gasteiger charge is 2.27. The predicted octanol–water partition coefficient (Wildman–Crippen LogP) is 4.30. The van der Waals surface area contributed by atoms with E-state index in [1.807, 2.05) is 23.9 Å². The Hall–Kier alpha value is -0.850. The molecule has 0 saturated heterocycles. The third-order valence-corrected chi connectivity index (χ3v) is 4.84. The molecule has 0 aliphatic heterocycles. The summed E-state index contributed by atoms with van der Waals surface area (Å²) < 4.78 is 0. The van der Waals surface area contributed by atoms with Gasteiger partial charge in [-0.25, -0.2) is 0 Å². The summed E-state index contributed by atoms with van der Waals surface area (Å²) in [6, 6.07) is 8.15. The van der Waals surface area contributed by atoms with Gasteiger partial charge >= 0.3 is 0 Å². The number of nitrogens with zero attached hydrogens (tertiary/aromatic N) is 1. The van der Waals surface area contributed by atoms with Crippen molar-refractivity contribution >= 4 is 29.1 Å². The van der Waals surface area contributed by atoms with Crippen LogP contribution in [0, 0.1) is 11.3 Å². The number of rotatable bonds is 4. The molecule has 96 valence electrons. The Bertz CT molecular complexity index is 456. The van der Waals surface area contributed by atoms with E-state index in [2.05, 4.69) is 18.3 Å². The lowest BCUT2D eigenvalue weighted by atomic mass is 10.1. The smallest absolute Gasteiger partial charge is 0.101 e. The molecule has 1 aliphatic rings. The average molecular weight is 281 g/mol. The first kappa shape index (κ1) is 13.6. The molecule has 0 heterocycles. The monoisotopic (exact) mass is 280 g/mol. The minimum Gasteiger partial charge on any atom is -0.380 e. The van der Waals surface area contributed by atoms with Crippen molar-refractivity contribution in [3.8, 4) is 6.07 Å². The Labute approximate surface area is 118 Å². The van der Waals surface area contributed by atoms with Crippen molar-refractivity contribution in [2.24, 2.45) is 0 Å². The molecule has 1 aromatic carbocycles. The number of hydrogen-bond donors (Lipinski definition) is 1. The molecule has 0 spiro atoms. The van der Waals surface area contributed by atoms with E-state index in [1.165, 1.54) is 19.3 Å². The summed E-state index contributed by atoms with van der Waals surface area (Å²) in [5.41, 5.74) is 1.55. The fourth-order valence-electron chi connectivity index (χ4n) is 2.44. The Morgan fingerprint density at radius 3 is 3.06 bits per heavy atom. The highest BCUT2D eigenvalue weighted by Crippen LogP contribution is 2.33. The number of nitriles is 1. The molecule has 0 bridgehead atoms. The summed E-state index contributed by atoms with van der Waals surface area (Å²) >= 11 is 7.92. The van der Waals surface area contributed by atoms with Crippen LogP contribution in [0.5, 0.6) is 0 Å². The molecule has 1 saturated carbocycles. The highest BCUT2D eigenvalue weighted by atomic mass is 35.5. The highest BCUT2D eigenvalue weighted by molar-refractivity contribution is 7.99. The lowest BCUT2D eigenvalue weighted by molar-refractivity contribution is 0.767. The fourth-order valence-corrected chi connectivity index (χ4v) is 3.81. The second-order valence-electron chi connectivity index (χ2n) is 4.48. The van der Waals surface area contributed by atoms with E-state index < -0.39 is 0 Å². The molecule has 0 aromatic heterocycles. The molecule has 1 aliphatic carbocycles. The summed E-state index contributed by atoms with van der Waals surface area (Å²) in [6.07, 6.45) is 3.72. The number of benzene rings is 1. The van der Waals surface area contributed by atoms with Crippen molar-refractivity contribution in [3.05, 3.63) is 28.8 Å². The minimum atomic E-state index is 0.475. The van der Waals surface area contributed by atoms with Gasteiger partial charge in [-0.3, -0.25) is 0 Å². The van der Waals surface area contributed by atoms with Crippen molar-refractivity contribution in [2.45, 2.75) is 37.5 Å². The van der Waals surface area contributed by atoms with Gasteiger partial charge in [0.2, 0.25) is 0 Å². The molecule has 1 N–H and O–H groups in total. The van der Waals surface area contributed by atoms with Crippen LogP contribution in [-0.2, 0) is 0 Å². The van der Waals surface area contributed by atoms with Crippen LogP contribution in [0.1, 0.15) is 31.7 Å². The molecular formula is C14H17ClN2S. The van der Waals surface area contributed by atoms with Crippen molar-refractivity contribution < 1.29 is 0 Å². The standard InChI is InChI=1S/C14H17ClN2S/c1-2-18-14-5-3-4-13(14)17-12-7-6-11(15)8-10(12)9-16/h6-8,13-14,17H,2-5H2,1H3. The Balaban J connectivity index is 2.11. The third kappa shape index (κ3) is 3.13. The summed E-state index contributed by atoms with van der Waals surface area (Å²) in [5, 5.41) is 13.9. The van der Waals surface area contributed by atoms with Gasteiger partial charge in [-0.1, -0.05) is 24.9 Å². The zero-order valence-corrected chi connectivity index (χ0v) is 12.0. The molecular weight excluding hydrogens is 264 g/mol. The van der Waals surface area contributed by atoms with Crippen LogP contribution in [0.15, 0.2) is 18.2 Å². The maximum atomic E-state index is 9.13. The van der Waals surface area contributed by atoms with Gasteiger partial charge in [0.05, 0.1) is 11.3 Å². The first-order chi connectivity index (χ1) is 8.74. The maximum absolute atomic E-state index is 9.13. The van der Waals surface area contributed by atoms with Crippen molar-refractivity contribution in [2.75, 3.05) is 11.1 Å². The average Bonchev–Trinajstić information content (AvgIpc) is 2.79. The van der Waals surface area contributed by atoms with Crippen LogP contribution >= 0.6 is 23.4 Å². The Morgan fingerprint density at radius 2 is 2.33 bits per heavy atom. The molecule has 2 unspecified atom stereocenters. The summed E-state index contributed by atoms with van der Waals surface area (Å²) in [5.74, 6) is 1.15. The van der Waals surface area contributed by atoms with Gasteiger partial charge in [0.25, 0.3) is 0 Å². The summed E-state index contributed by atoms with van der Waals surface area (Å²) in [4.78, 5) is 0. The van der Waals surface area contributed by atoms with E-state index in [4.69, 9.17) is 16.9 Å². The maximum Gasteiger partial charge on any atom is 0.101 e. The Kier molecular flexibility index (Phi) is 4.79. The van der Waals surface area contributed by atoms with Crippen molar-refractivity contribution in [1.82, 2.24) is 0 Å². The van der Waals surface area contributed by atoms with Crippen molar-refractivity contribution in [1.29, 1.82) is 5.26 Å². The number of nitrogens with one attached hydrogen (secondary N) is 1. The predicted molar refractivity (Wildman–Crippen MR) is 79.3 cm³/mol. The quantitative estimate of drug-likeness (QED) is 0.893. The second kappa shape index (κ2) is 6.36. The lowest BCUT2D eigenvalue weighted by Crippen LogP contribution is -2.26. The number of thioether (sulfide) groups is 1. The topological polar surface area (TPSA) is 35.8 Å². The largest absolute Gasteiger partial charge is 0.380 e. The van der Waals surface area contributed by atoms with E-state index in [9.17, 15) is 0 Å². The molecule has 1 aromatic rings. The summed E-state index contributed by atoms with van der Waals surface area (Å²) in [7, 11) is 0. The van der Waals surface area contributed by atoms with E-state index in [0.29, 0.717) is 21.9 Å². The lowest BCUT2D eigenvalue weighted by Gasteiger charge is -2.22. The van der Waals surface area contributed by atoms with E-state index in [-0.39, 0.29) is 0 Å². The van der Waals surface area contributed by atoms with Gasteiger partial charge in [-0.2, -0.15) is 17.0 Å². The zero-order chi connectivity index (χ0) is 13.0. The van der Waals surface area contributed by atoms with E-state index in [0.717, 1.165) is 11.4 Å². The van der Waals surface area contributed by atoms with Gasteiger partial charge in [-0.15, -0.1) is 0 Å². The van der Waals surface area contributed by atoms with Crippen LogP contribution in [0.2, 0.25) is 5.02 Å². The Morgan fingerprint density at radius 1 is 1.50 bits per heavy atom. The first-order valence-corrected chi connectivity index (χ1v) is 7.75. The molecule has 4 heteroatoms. The van der Waals surface area contributed by atoms with Gasteiger partial charge < -0.3 is 5.32 Å². The van der Waals surface area contributed by atoms with Crippen LogP contribution in [0.4, 0.5) is 5.69 Å². The SMILES string of the molecule is CCSC1CCCC1Nc1ccc(Cl)cc1C#N. The molecule has 2 nitrogen and oxygen atoms in total. The second-order valence-corrected chi connectivity index (χ2v) is 6.43. The van der Waals surface area contributed by atoms with Gasteiger partial charge in [0.1, 0.15) is 6.07 Å². The zero-order valence-electron chi connectivity index (χ0n) is 10.4. The third-order valence-electron chi connectivity index (χ3n) is 3.28. The molecule has 0 radical (unpaired) electrons. The molecule has 18 heavy (non-hydrogen) atoms. The first-order valence-electron chi connectivity index (χ1n) is 6.32. The van der Waals surface area contributed by atoms with Crippen LogP contribution in [0.25, 0.3) is 0 Å². The molecule has 0 amide bonds. The number of anilines is 1. The van der Waals surface area contributed by atoms with Crippen LogP contribution in [-0.4, -0.2) is 17.0 Å². The van der Waals surface area contributed by atoms with Crippen LogP contribution < -0.4 is 5.32 Å². The fraction of sp³-hybridized carbons (Fsp3) is 0.500. The van der Waals surface area contributed by atoms with Crippen molar-refractivity contribution in [3.63, 3.8) is 0 Å². The van der Waals surface area contributed by atoms with Gasteiger partial charge in [-0.05, 0) is 36.8 Å².